The lowest BCUT2D eigenvalue weighted by atomic mass is 9.96. The predicted octanol–water partition coefficient (Wildman–Crippen LogP) is 17.2. The molecule has 1 heterocycles. The van der Waals surface area contributed by atoms with Gasteiger partial charge in [-0.25, -0.2) is 0 Å². The molecule has 12 aromatic rings. The number of para-hydroxylation sites is 2. The zero-order valence-corrected chi connectivity index (χ0v) is 33.7. The van der Waals surface area contributed by atoms with Crippen LogP contribution in [0.4, 0.5) is 17.1 Å². The summed E-state index contributed by atoms with van der Waals surface area (Å²) in [7, 11) is 0. The number of benzene rings is 11. The Hall–Kier alpha value is -8.20. The van der Waals surface area contributed by atoms with Crippen LogP contribution in [0.1, 0.15) is 0 Å². The van der Waals surface area contributed by atoms with Crippen molar-refractivity contribution in [1.82, 2.24) is 0 Å². The molecule has 0 aliphatic heterocycles. The van der Waals surface area contributed by atoms with E-state index in [1.165, 1.54) is 76.8 Å². The summed E-state index contributed by atoms with van der Waals surface area (Å²) in [6, 6.07) is 81.8. The van der Waals surface area contributed by atoms with Gasteiger partial charge in [-0.1, -0.05) is 164 Å². The van der Waals surface area contributed by atoms with Crippen molar-refractivity contribution in [2.45, 2.75) is 0 Å². The second-order valence-corrected chi connectivity index (χ2v) is 16.5. The van der Waals surface area contributed by atoms with Gasteiger partial charge >= 0.3 is 0 Å². The molecule has 0 saturated heterocycles. The molecule has 0 amide bonds. The molecule has 11 aromatic carbocycles. The zero-order chi connectivity index (χ0) is 40.7. The van der Waals surface area contributed by atoms with Crippen LogP contribution in [0.2, 0.25) is 0 Å². The monoisotopic (exact) mass is 787 g/mol. The summed E-state index contributed by atoms with van der Waals surface area (Å²) in [5.41, 5.74) is 17.3. The van der Waals surface area contributed by atoms with E-state index < -0.39 is 0 Å². The van der Waals surface area contributed by atoms with Crippen molar-refractivity contribution in [2.75, 3.05) is 4.90 Å². The van der Waals surface area contributed by atoms with Crippen molar-refractivity contribution in [2.24, 2.45) is 0 Å². The van der Waals surface area contributed by atoms with Crippen molar-refractivity contribution in [3.8, 4) is 55.6 Å². The van der Waals surface area contributed by atoms with Gasteiger partial charge < -0.3 is 9.32 Å². The highest BCUT2D eigenvalue weighted by atomic mass is 16.3. The van der Waals surface area contributed by atoms with Crippen LogP contribution in [0.3, 0.4) is 0 Å². The van der Waals surface area contributed by atoms with Crippen LogP contribution >= 0.6 is 0 Å². The van der Waals surface area contributed by atoms with Crippen molar-refractivity contribution in [3.05, 3.63) is 224 Å². The molecule has 0 saturated carbocycles. The van der Waals surface area contributed by atoms with Crippen molar-refractivity contribution < 1.29 is 4.42 Å². The summed E-state index contributed by atoms with van der Waals surface area (Å²) >= 11 is 0. The fraction of sp³-hybridized carbons (Fsp3) is 0. The first-order valence-electron chi connectivity index (χ1n) is 21.3. The predicted molar refractivity (Wildman–Crippen MR) is 262 cm³/mol. The van der Waals surface area contributed by atoms with Crippen LogP contribution in [0.25, 0.3) is 110 Å². The van der Waals surface area contributed by atoms with Gasteiger partial charge in [0.2, 0.25) is 0 Å². The number of hydrogen-bond donors (Lipinski definition) is 0. The summed E-state index contributed by atoms with van der Waals surface area (Å²) in [4.78, 5) is 2.37. The Kier molecular flexibility index (Phi) is 7.64. The molecule has 0 radical (unpaired) electrons. The number of anilines is 3. The topological polar surface area (TPSA) is 16.4 Å². The maximum atomic E-state index is 6.45. The lowest BCUT2D eigenvalue weighted by Crippen LogP contribution is -2.10. The molecule has 288 valence electrons. The summed E-state index contributed by atoms with van der Waals surface area (Å²) in [6.07, 6.45) is 0. The minimum atomic E-state index is 0.906. The van der Waals surface area contributed by atoms with Gasteiger partial charge in [-0.15, -0.1) is 0 Å². The Morgan fingerprint density at radius 3 is 1.71 bits per heavy atom. The van der Waals surface area contributed by atoms with E-state index in [0.717, 1.165) is 50.1 Å². The van der Waals surface area contributed by atoms with E-state index in [1.807, 2.05) is 12.1 Å². The molecule has 0 spiro atoms. The first kappa shape index (κ1) is 34.6. The lowest BCUT2D eigenvalue weighted by Gasteiger charge is -2.26. The van der Waals surface area contributed by atoms with Gasteiger partial charge in [0.15, 0.2) is 0 Å². The average molecular weight is 788 g/mol. The Morgan fingerprint density at radius 2 is 0.855 bits per heavy atom. The Balaban J connectivity index is 0.919. The van der Waals surface area contributed by atoms with Crippen molar-refractivity contribution >= 4 is 71.3 Å². The third-order valence-corrected chi connectivity index (χ3v) is 13.0. The molecule has 0 N–H and O–H groups in total. The van der Waals surface area contributed by atoms with Gasteiger partial charge in [0, 0.05) is 33.4 Å². The Labute approximate surface area is 359 Å². The van der Waals surface area contributed by atoms with E-state index in [0.29, 0.717) is 0 Å². The normalized spacial score (nSPS) is 11.9. The fourth-order valence-corrected chi connectivity index (χ4v) is 10.0. The number of fused-ring (bicyclic) bond motifs is 9. The summed E-state index contributed by atoms with van der Waals surface area (Å²) in [5, 5.41) is 9.94. The molecule has 2 heteroatoms. The highest BCUT2D eigenvalue weighted by molar-refractivity contribution is 6.16. The van der Waals surface area contributed by atoms with Gasteiger partial charge in [0.05, 0.1) is 0 Å². The minimum Gasteiger partial charge on any atom is -0.455 e. The molecule has 0 bridgehead atoms. The number of nitrogens with zero attached hydrogens (tertiary/aromatic N) is 1. The summed E-state index contributed by atoms with van der Waals surface area (Å²) in [6.45, 7) is 0. The van der Waals surface area contributed by atoms with Gasteiger partial charge in [-0.05, 0) is 143 Å². The summed E-state index contributed by atoms with van der Waals surface area (Å²) in [5.74, 6) is 0. The van der Waals surface area contributed by atoms with Crippen LogP contribution in [-0.4, -0.2) is 0 Å². The molecular formula is C60H37NO. The maximum Gasteiger partial charge on any atom is 0.143 e. The number of hydrogen-bond acceptors (Lipinski definition) is 2. The quantitative estimate of drug-likeness (QED) is 0.156. The molecular weight excluding hydrogens is 751 g/mol. The third-order valence-electron chi connectivity index (χ3n) is 13.0. The van der Waals surface area contributed by atoms with E-state index in [4.69, 9.17) is 4.42 Å². The van der Waals surface area contributed by atoms with E-state index in [-0.39, 0.29) is 0 Å². The molecule has 62 heavy (non-hydrogen) atoms. The van der Waals surface area contributed by atoms with Gasteiger partial charge in [0.25, 0.3) is 0 Å². The van der Waals surface area contributed by atoms with Crippen LogP contribution in [0.15, 0.2) is 229 Å². The Morgan fingerprint density at radius 1 is 0.274 bits per heavy atom. The first-order valence-corrected chi connectivity index (χ1v) is 21.3. The van der Waals surface area contributed by atoms with Crippen molar-refractivity contribution in [1.29, 1.82) is 0 Å². The van der Waals surface area contributed by atoms with E-state index in [9.17, 15) is 0 Å². The largest absolute Gasteiger partial charge is 0.455 e. The highest BCUT2D eigenvalue weighted by Gasteiger charge is 2.22. The van der Waals surface area contributed by atoms with Crippen molar-refractivity contribution in [3.63, 3.8) is 0 Å². The zero-order valence-electron chi connectivity index (χ0n) is 33.7. The smallest absolute Gasteiger partial charge is 0.143 e. The Bertz CT molecular complexity index is 3740. The molecule has 2 nitrogen and oxygen atoms in total. The second-order valence-electron chi connectivity index (χ2n) is 16.5. The molecule has 1 aromatic heterocycles. The molecule has 0 fully saturated rings. The second kappa shape index (κ2) is 13.7. The molecule has 1 aliphatic rings. The van der Waals surface area contributed by atoms with Gasteiger partial charge in [-0.2, -0.15) is 0 Å². The molecule has 0 unspecified atom stereocenters. The van der Waals surface area contributed by atoms with E-state index >= 15 is 0 Å². The summed E-state index contributed by atoms with van der Waals surface area (Å²) < 4.78 is 6.45. The lowest BCUT2D eigenvalue weighted by molar-refractivity contribution is 0.670. The van der Waals surface area contributed by atoms with Crippen LogP contribution in [-0.2, 0) is 0 Å². The van der Waals surface area contributed by atoms with Crippen LogP contribution in [0, 0.1) is 0 Å². The number of rotatable bonds is 6. The van der Waals surface area contributed by atoms with Gasteiger partial charge in [-0.3, -0.25) is 0 Å². The average Bonchev–Trinajstić information content (AvgIpc) is 3.89. The molecule has 1 aliphatic carbocycles. The van der Waals surface area contributed by atoms with Gasteiger partial charge in [0.1, 0.15) is 11.2 Å². The molecule has 13 rings (SSSR count). The fourth-order valence-electron chi connectivity index (χ4n) is 10.0. The highest BCUT2D eigenvalue weighted by Crippen LogP contribution is 2.49. The standard InChI is InChI=1S/C60H37NO/c1-2-14-49-39(10-1)22-23-43-34-42(28-33-50(43)49)41-11-7-13-48(36-41)61(47-31-26-40(27-32-47)51-18-9-20-56-54-17-5-6-21-58(54)62-60(51)56)46-29-24-38(25-30-46)45-35-44-12-8-19-55-52-15-3-4-16-53(52)57(37-45)59(44)55/h1-37H. The third kappa shape index (κ3) is 5.44. The minimum absolute atomic E-state index is 0.906. The molecule has 0 atom stereocenters. The first-order chi connectivity index (χ1) is 30.7. The van der Waals surface area contributed by atoms with E-state index in [1.54, 1.807) is 0 Å². The van der Waals surface area contributed by atoms with Crippen LogP contribution in [0.5, 0.6) is 0 Å². The SMILES string of the molecule is c1cc(-c2ccc3c(ccc4ccccc43)c2)cc(N(c2ccc(-c3cc4c5c(cccc5c3)-c3ccccc3-4)cc2)c2ccc(-c3cccc4c3oc3ccccc34)cc2)c1. The van der Waals surface area contributed by atoms with E-state index in [2.05, 4.69) is 217 Å². The number of furan rings is 1. The maximum absolute atomic E-state index is 6.45. The van der Waals surface area contributed by atoms with Crippen LogP contribution < -0.4 is 4.90 Å².